The van der Waals surface area contributed by atoms with Crippen molar-refractivity contribution in [1.82, 2.24) is 0 Å². The Morgan fingerprint density at radius 2 is 1.93 bits per heavy atom. The predicted molar refractivity (Wildman–Crippen MR) is 57.6 cm³/mol. The SMILES string of the molecule is N[C@@H](COc1cc(Cl)cc(Cl)c1)C(=O)O. The van der Waals surface area contributed by atoms with Crippen molar-refractivity contribution in [2.24, 2.45) is 5.73 Å². The van der Waals surface area contributed by atoms with E-state index in [0.29, 0.717) is 15.8 Å². The van der Waals surface area contributed by atoms with Crippen LogP contribution in [0.3, 0.4) is 0 Å². The molecule has 1 rings (SSSR count). The molecule has 0 radical (unpaired) electrons. The van der Waals surface area contributed by atoms with E-state index in [1.54, 1.807) is 6.07 Å². The van der Waals surface area contributed by atoms with E-state index in [9.17, 15) is 4.79 Å². The van der Waals surface area contributed by atoms with E-state index >= 15 is 0 Å². The molecule has 0 saturated heterocycles. The average Bonchev–Trinajstić information content (AvgIpc) is 2.12. The molecule has 0 aliphatic carbocycles. The Balaban J connectivity index is 2.61. The molecule has 0 unspecified atom stereocenters. The van der Waals surface area contributed by atoms with Gasteiger partial charge in [0.05, 0.1) is 0 Å². The number of carbonyl (C=O) groups is 1. The lowest BCUT2D eigenvalue weighted by Gasteiger charge is -2.09. The lowest BCUT2D eigenvalue weighted by Crippen LogP contribution is -2.36. The minimum absolute atomic E-state index is 0.133. The van der Waals surface area contributed by atoms with Gasteiger partial charge in [-0.3, -0.25) is 4.79 Å². The number of ether oxygens (including phenoxy) is 1. The molecule has 0 fully saturated rings. The predicted octanol–water partition coefficient (Wildman–Crippen LogP) is 1.78. The van der Waals surface area contributed by atoms with Crippen molar-refractivity contribution in [3.8, 4) is 5.75 Å². The highest BCUT2D eigenvalue weighted by molar-refractivity contribution is 6.34. The van der Waals surface area contributed by atoms with Gasteiger partial charge in [0.2, 0.25) is 0 Å². The highest BCUT2D eigenvalue weighted by Crippen LogP contribution is 2.24. The average molecular weight is 250 g/mol. The van der Waals surface area contributed by atoms with Crippen LogP contribution in [0.2, 0.25) is 10.0 Å². The fourth-order valence-electron chi connectivity index (χ4n) is 0.869. The first-order chi connectivity index (χ1) is 6.99. The van der Waals surface area contributed by atoms with Crippen LogP contribution in [0.4, 0.5) is 0 Å². The number of hydrogen-bond donors (Lipinski definition) is 2. The van der Waals surface area contributed by atoms with Crippen LogP contribution in [0, 0.1) is 0 Å². The monoisotopic (exact) mass is 249 g/mol. The van der Waals surface area contributed by atoms with Gasteiger partial charge in [-0.2, -0.15) is 0 Å². The van der Waals surface area contributed by atoms with Gasteiger partial charge in [0.15, 0.2) is 0 Å². The molecule has 0 aromatic heterocycles. The Kier molecular flexibility index (Phi) is 4.20. The fraction of sp³-hybridized carbons (Fsp3) is 0.222. The first kappa shape index (κ1) is 12.1. The van der Waals surface area contributed by atoms with Gasteiger partial charge in [-0.15, -0.1) is 0 Å². The Morgan fingerprint density at radius 3 is 2.40 bits per heavy atom. The minimum Gasteiger partial charge on any atom is -0.491 e. The summed E-state index contributed by atoms with van der Waals surface area (Å²) in [5, 5.41) is 9.35. The second-order valence-electron chi connectivity index (χ2n) is 2.86. The van der Waals surface area contributed by atoms with Crippen molar-refractivity contribution in [1.29, 1.82) is 0 Å². The summed E-state index contributed by atoms with van der Waals surface area (Å²) in [6.07, 6.45) is 0. The fourth-order valence-corrected chi connectivity index (χ4v) is 1.38. The second-order valence-corrected chi connectivity index (χ2v) is 3.73. The number of aliphatic carboxylic acids is 1. The number of hydrogen-bond acceptors (Lipinski definition) is 3. The molecule has 82 valence electrons. The molecule has 0 aliphatic heterocycles. The Bertz CT molecular complexity index is 350. The van der Waals surface area contributed by atoms with Crippen LogP contribution in [-0.2, 0) is 4.79 Å². The Labute approximate surface area is 96.5 Å². The maximum atomic E-state index is 10.4. The van der Waals surface area contributed by atoms with E-state index in [1.165, 1.54) is 12.1 Å². The molecule has 0 spiro atoms. The molecule has 6 heteroatoms. The third-order valence-corrected chi connectivity index (χ3v) is 2.02. The standard InChI is InChI=1S/C9H9Cl2NO3/c10-5-1-6(11)3-7(2-5)15-4-8(12)9(13)14/h1-3,8H,4,12H2,(H,13,14)/t8-/m0/s1. The molecule has 0 aliphatic rings. The minimum atomic E-state index is -1.12. The molecule has 3 N–H and O–H groups in total. The van der Waals surface area contributed by atoms with Gasteiger partial charge >= 0.3 is 5.97 Å². The zero-order valence-electron chi connectivity index (χ0n) is 7.61. The van der Waals surface area contributed by atoms with Crippen molar-refractivity contribution < 1.29 is 14.6 Å². The van der Waals surface area contributed by atoms with E-state index in [2.05, 4.69) is 0 Å². The van der Waals surface area contributed by atoms with E-state index in [-0.39, 0.29) is 6.61 Å². The number of carboxylic acid groups (broad SMARTS) is 1. The van der Waals surface area contributed by atoms with Crippen LogP contribution in [0.15, 0.2) is 18.2 Å². The zero-order valence-corrected chi connectivity index (χ0v) is 9.13. The Hall–Kier alpha value is -0.970. The van der Waals surface area contributed by atoms with Gasteiger partial charge in [0.1, 0.15) is 18.4 Å². The van der Waals surface area contributed by atoms with Gasteiger partial charge in [-0.1, -0.05) is 23.2 Å². The summed E-state index contributed by atoms with van der Waals surface area (Å²) in [5.74, 6) is -0.729. The number of carboxylic acids is 1. The van der Waals surface area contributed by atoms with Crippen LogP contribution >= 0.6 is 23.2 Å². The summed E-state index contributed by atoms with van der Waals surface area (Å²) >= 11 is 11.4. The maximum Gasteiger partial charge on any atom is 0.324 e. The van der Waals surface area contributed by atoms with E-state index in [1.807, 2.05) is 0 Å². The molecule has 1 aromatic rings. The lowest BCUT2D eigenvalue weighted by molar-refractivity contribution is -0.139. The highest BCUT2D eigenvalue weighted by Gasteiger charge is 2.12. The number of halogens is 2. The zero-order chi connectivity index (χ0) is 11.4. The summed E-state index contributed by atoms with van der Waals surface area (Å²) in [6, 6.07) is 3.54. The molecule has 4 nitrogen and oxygen atoms in total. The van der Waals surface area contributed by atoms with Gasteiger partial charge in [-0.05, 0) is 18.2 Å². The maximum absolute atomic E-state index is 10.4. The summed E-state index contributed by atoms with van der Waals surface area (Å²) in [4.78, 5) is 10.4. The lowest BCUT2D eigenvalue weighted by atomic mass is 10.3. The third-order valence-electron chi connectivity index (χ3n) is 1.58. The second kappa shape index (κ2) is 5.21. The van der Waals surface area contributed by atoms with Crippen molar-refractivity contribution in [2.45, 2.75) is 6.04 Å². The summed E-state index contributed by atoms with van der Waals surface area (Å²) in [7, 11) is 0. The van der Waals surface area contributed by atoms with Crippen LogP contribution in [0.5, 0.6) is 5.75 Å². The summed E-state index contributed by atoms with van der Waals surface area (Å²) in [6.45, 7) is -0.133. The molecule has 0 amide bonds. The highest BCUT2D eigenvalue weighted by atomic mass is 35.5. The summed E-state index contributed by atoms with van der Waals surface area (Å²) in [5.41, 5.74) is 5.25. The third kappa shape index (κ3) is 3.95. The molecule has 1 atom stereocenters. The van der Waals surface area contributed by atoms with Crippen LogP contribution < -0.4 is 10.5 Å². The van der Waals surface area contributed by atoms with E-state index in [4.69, 9.17) is 38.8 Å². The molecule has 1 aromatic carbocycles. The van der Waals surface area contributed by atoms with E-state index < -0.39 is 12.0 Å². The molecular weight excluding hydrogens is 241 g/mol. The van der Waals surface area contributed by atoms with Gasteiger partial charge in [0.25, 0.3) is 0 Å². The number of benzene rings is 1. The molecular formula is C9H9Cl2NO3. The normalized spacial score (nSPS) is 12.2. The number of rotatable bonds is 4. The van der Waals surface area contributed by atoms with Crippen molar-refractivity contribution in [2.75, 3.05) is 6.61 Å². The number of nitrogens with two attached hydrogens (primary N) is 1. The van der Waals surface area contributed by atoms with Gasteiger partial charge in [0, 0.05) is 10.0 Å². The van der Waals surface area contributed by atoms with Gasteiger partial charge in [-0.25, -0.2) is 0 Å². The van der Waals surface area contributed by atoms with Crippen LogP contribution in [0.1, 0.15) is 0 Å². The smallest absolute Gasteiger partial charge is 0.324 e. The quantitative estimate of drug-likeness (QED) is 0.854. The van der Waals surface area contributed by atoms with Crippen LogP contribution in [0.25, 0.3) is 0 Å². The van der Waals surface area contributed by atoms with Gasteiger partial charge < -0.3 is 15.6 Å². The summed E-state index contributed by atoms with van der Waals surface area (Å²) < 4.78 is 5.12. The first-order valence-corrected chi connectivity index (χ1v) is 4.82. The van der Waals surface area contributed by atoms with Crippen molar-refractivity contribution in [3.63, 3.8) is 0 Å². The molecule has 15 heavy (non-hydrogen) atoms. The topological polar surface area (TPSA) is 72.5 Å². The first-order valence-electron chi connectivity index (χ1n) is 4.06. The van der Waals surface area contributed by atoms with E-state index in [0.717, 1.165) is 0 Å². The Morgan fingerprint density at radius 1 is 1.40 bits per heavy atom. The molecule has 0 bridgehead atoms. The van der Waals surface area contributed by atoms with Crippen molar-refractivity contribution in [3.05, 3.63) is 28.2 Å². The molecule has 0 heterocycles. The largest absolute Gasteiger partial charge is 0.491 e. The molecule has 0 saturated carbocycles. The van der Waals surface area contributed by atoms with Crippen molar-refractivity contribution >= 4 is 29.2 Å². The van der Waals surface area contributed by atoms with Crippen LogP contribution in [-0.4, -0.2) is 23.7 Å².